The smallest absolute Gasteiger partial charge is 0.262 e. The number of carbonyl (C=O) groups is 1. The molecule has 1 aromatic heterocycles. The standard InChI is InChI=1S/C13H13N3O2S/c1-14-13-16(2)10(7-19-13)8-3-4-11-9(5-8)15-12(17)6-18-11/h3-5,7H,6H2,1-2H3,(H,15,17). The fourth-order valence-electron chi connectivity index (χ4n) is 2.08. The van der Waals surface area contributed by atoms with Crippen molar-refractivity contribution in [1.82, 2.24) is 4.57 Å². The van der Waals surface area contributed by atoms with Crippen molar-refractivity contribution >= 4 is 22.9 Å². The highest BCUT2D eigenvalue weighted by molar-refractivity contribution is 7.07. The van der Waals surface area contributed by atoms with Crippen LogP contribution in [0.1, 0.15) is 0 Å². The molecule has 0 atom stereocenters. The van der Waals surface area contributed by atoms with Crippen molar-refractivity contribution in [3.05, 3.63) is 28.4 Å². The molecule has 0 fully saturated rings. The van der Waals surface area contributed by atoms with Crippen LogP contribution < -0.4 is 14.9 Å². The second-order valence-electron chi connectivity index (χ2n) is 4.23. The minimum Gasteiger partial charge on any atom is -0.482 e. The monoisotopic (exact) mass is 275 g/mol. The molecule has 0 radical (unpaired) electrons. The van der Waals surface area contributed by atoms with Gasteiger partial charge in [0.2, 0.25) is 0 Å². The van der Waals surface area contributed by atoms with Gasteiger partial charge in [-0.3, -0.25) is 9.79 Å². The van der Waals surface area contributed by atoms with Crippen LogP contribution in [-0.4, -0.2) is 24.1 Å². The van der Waals surface area contributed by atoms with E-state index in [0.29, 0.717) is 5.75 Å². The molecule has 98 valence electrons. The predicted octanol–water partition coefficient (Wildman–Crippen LogP) is 1.61. The molecule has 5 nitrogen and oxygen atoms in total. The number of fused-ring (bicyclic) bond motifs is 1. The number of nitrogens with zero attached hydrogens (tertiary/aromatic N) is 2. The van der Waals surface area contributed by atoms with Gasteiger partial charge in [-0.1, -0.05) is 0 Å². The number of aromatic nitrogens is 1. The lowest BCUT2D eigenvalue weighted by atomic mass is 10.1. The topological polar surface area (TPSA) is 55.6 Å². The van der Waals surface area contributed by atoms with Gasteiger partial charge in [0, 0.05) is 25.0 Å². The Bertz CT molecular complexity index is 715. The Morgan fingerprint density at radius 1 is 1.47 bits per heavy atom. The zero-order valence-corrected chi connectivity index (χ0v) is 11.5. The molecule has 3 rings (SSSR count). The van der Waals surface area contributed by atoms with Crippen molar-refractivity contribution in [3.63, 3.8) is 0 Å². The highest BCUT2D eigenvalue weighted by Crippen LogP contribution is 2.32. The van der Waals surface area contributed by atoms with E-state index in [1.165, 1.54) is 0 Å². The molecule has 1 aromatic carbocycles. The Hall–Kier alpha value is -2.08. The van der Waals surface area contributed by atoms with E-state index in [-0.39, 0.29) is 12.5 Å². The summed E-state index contributed by atoms with van der Waals surface area (Å²) in [6.07, 6.45) is 0. The molecule has 0 saturated heterocycles. The summed E-state index contributed by atoms with van der Waals surface area (Å²) in [7, 11) is 3.75. The SMILES string of the molecule is CN=c1scc(-c2ccc3c(c2)NC(=O)CO3)n1C. The van der Waals surface area contributed by atoms with Crippen LogP contribution in [0.4, 0.5) is 5.69 Å². The van der Waals surface area contributed by atoms with Crippen molar-refractivity contribution in [2.45, 2.75) is 0 Å². The van der Waals surface area contributed by atoms with Gasteiger partial charge in [-0.2, -0.15) is 0 Å². The van der Waals surface area contributed by atoms with Crippen molar-refractivity contribution in [1.29, 1.82) is 0 Å². The summed E-state index contributed by atoms with van der Waals surface area (Å²) >= 11 is 1.59. The number of ether oxygens (including phenoxy) is 1. The molecular formula is C13H13N3O2S. The highest BCUT2D eigenvalue weighted by Gasteiger charge is 2.17. The first-order valence-corrected chi connectivity index (χ1v) is 6.71. The van der Waals surface area contributed by atoms with Crippen molar-refractivity contribution < 1.29 is 9.53 Å². The van der Waals surface area contributed by atoms with Crippen LogP contribution in [0.15, 0.2) is 28.6 Å². The van der Waals surface area contributed by atoms with Gasteiger partial charge in [0.1, 0.15) is 5.75 Å². The summed E-state index contributed by atoms with van der Waals surface area (Å²) in [5.41, 5.74) is 2.81. The lowest BCUT2D eigenvalue weighted by Crippen LogP contribution is -2.25. The molecule has 2 heterocycles. The number of amides is 1. The summed E-state index contributed by atoms with van der Waals surface area (Å²) in [5, 5.41) is 4.87. The molecule has 0 aliphatic carbocycles. The largest absolute Gasteiger partial charge is 0.482 e. The zero-order valence-electron chi connectivity index (χ0n) is 10.6. The second-order valence-corrected chi connectivity index (χ2v) is 5.07. The van der Waals surface area contributed by atoms with E-state index in [9.17, 15) is 4.79 Å². The molecule has 1 amide bonds. The molecule has 6 heteroatoms. The maximum absolute atomic E-state index is 11.3. The summed E-state index contributed by atoms with van der Waals surface area (Å²) < 4.78 is 7.37. The van der Waals surface area contributed by atoms with Crippen molar-refractivity contribution in [2.75, 3.05) is 19.0 Å². The Morgan fingerprint density at radius 3 is 3.05 bits per heavy atom. The molecule has 2 aromatic rings. The lowest BCUT2D eigenvalue weighted by Gasteiger charge is -2.18. The van der Waals surface area contributed by atoms with Crippen LogP contribution in [0.2, 0.25) is 0 Å². The van der Waals surface area contributed by atoms with E-state index < -0.39 is 0 Å². The summed E-state index contributed by atoms with van der Waals surface area (Å²) in [5.74, 6) is 0.588. The lowest BCUT2D eigenvalue weighted by molar-refractivity contribution is -0.118. The van der Waals surface area contributed by atoms with Gasteiger partial charge < -0.3 is 14.6 Å². The van der Waals surface area contributed by atoms with E-state index in [0.717, 1.165) is 21.7 Å². The normalized spacial score (nSPS) is 14.8. The first kappa shape index (κ1) is 12.0. The average Bonchev–Trinajstić information content (AvgIpc) is 2.79. The van der Waals surface area contributed by atoms with Crippen LogP contribution in [0, 0.1) is 0 Å². The van der Waals surface area contributed by atoms with Gasteiger partial charge in [0.15, 0.2) is 11.4 Å². The number of rotatable bonds is 1. The van der Waals surface area contributed by atoms with E-state index in [1.54, 1.807) is 18.4 Å². The molecule has 0 spiro atoms. The van der Waals surface area contributed by atoms with Crippen LogP contribution in [0.25, 0.3) is 11.3 Å². The third-order valence-corrected chi connectivity index (χ3v) is 4.03. The van der Waals surface area contributed by atoms with Crippen LogP contribution in [0.5, 0.6) is 5.75 Å². The van der Waals surface area contributed by atoms with Gasteiger partial charge in [-0.05, 0) is 18.2 Å². The number of hydrogen-bond acceptors (Lipinski definition) is 4. The molecule has 1 aliphatic rings. The number of carbonyl (C=O) groups excluding carboxylic acids is 1. The molecule has 1 N–H and O–H groups in total. The third kappa shape index (κ3) is 2.04. The van der Waals surface area contributed by atoms with Crippen molar-refractivity contribution in [3.8, 4) is 17.0 Å². The fraction of sp³-hybridized carbons (Fsp3) is 0.231. The quantitative estimate of drug-likeness (QED) is 0.859. The zero-order chi connectivity index (χ0) is 13.4. The highest BCUT2D eigenvalue weighted by atomic mass is 32.1. The van der Waals surface area contributed by atoms with E-state index in [4.69, 9.17) is 4.74 Å². The number of hydrogen-bond donors (Lipinski definition) is 1. The number of anilines is 1. The maximum Gasteiger partial charge on any atom is 0.262 e. The Morgan fingerprint density at radius 2 is 2.32 bits per heavy atom. The molecular weight excluding hydrogens is 262 g/mol. The van der Waals surface area contributed by atoms with Crippen molar-refractivity contribution in [2.24, 2.45) is 12.0 Å². The minimum absolute atomic E-state index is 0.0808. The van der Waals surface area contributed by atoms with Gasteiger partial charge in [-0.15, -0.1) is 11.3 Å². The number of benzene rings is 1. The average molecular weight is 275 g/mol. The maximum atomic E-state index is 11.3. The number of nitrogens with one attached hydrogen (secondary N) is 1. The molecule has 19 heavy (non-hydrogen) atoms. The number of thiazole rings is 1. The van der Waals surface area contributed by atoms with E-state index >= 15 is 0 Å². The van der Waals surface area contributed by atoms with Crippen LogP contribution in [0.3, 0.4) is 0 Å². The third-order valence-electron chi connectivity index (χ3n) is 3.02. The fourth-order valence-corrected chi connectivity index (χ4v) is 2.95. The van der Waals surface area contributed by atoms with E-state index in [2.05, 4.69) is 15.7 Å². The van der Waals surface area contributed by atoms with Gasteiger partial charge >= 0.3 is 0 Å². The Labute approximate surface area is 114 Å². The molecule has 0 unspecified atom stereocenters. The van der Waals surface area contributed by atoms with Gasteiger partial charge in [0.05, 0.1) is 11.4 Å². The Balaban J connectivity index is 2.09. The van der Waals surface area contributed by atoms with Gasteiger partial charge in [0.25, 0.3) is 5.91 Å². The second kappa shape index (κ2) is 4.55. The van der Waals surface area contributed by atoms with Crippen LogP contribution in [-0.2, 0) is 11.8 Å². The van der Waals surface area contributed by atoms with E-state index in [1.807, 2.05) is 29.8 Å². The van der Waals surface area contributed by atoms with Crippen LogP contribution >= 0.6 is 11.3 Å². The predicted molar refractivity (Wildman–Crippen MR) is 74.3 cm³/mol. The molecule has 0 bridgehead atoms. The summed E-state index contributed by atoms with van der Waals surface area (Å²) in [4.78, 5) is 16.5. The molecule has 1 aliphatic heterocycles. The first-order chi connectivity index (χ1) is 9.19. The summed E-state index contributed by atoms with van der Waals surface area (Å²) in [6, 6.07) is 5.79. The molecule has 0 saturated carbocycles. The van der Waals surface area contributed by atoms with Gasteiger partial charge in [-0.25, -0.2) is 0 Å². The first-order valence-electron chi connectivity index (χ1n) is 5.83. The summed E-state index contributed by atoms with van der Waals surface area (Å²) in [6.45, 7) is 0.0808. The Kier molecular flexibility index (Phi) is 2.87. The minimum atomic E-state index is -0.122.